The molecule has 2 heterocycles. The van der Waals surface area contributed by atoms with Gasteiger partial charge in [-0.2, -0.15) is 5.21 Å². The fourth-order valence-electron chi connectivity index (χ4n) is 5.00. The van der Waals surface area contributed by atoms with E-state index in [0.29, 0.717) is 24.5 Å². The summed E-state index contributed by atoms with van der Waals surface area (Å²) in [6, 6.07) is 25.2. The molecule has 0 aliphatic heterocycles. The molecule has 0 amide bonds. The van der Waals surface area contributed by atoms with Crippen molar-refractivity contribution in [3.8, 4) is 33.6 Å². The highest BCUT2D eigenvalue weighted by Gasteiger charge is 2.20. The van der Waals surface area contributed by atoms with Gasteiger partial charge in [0.15, 0.2) is 5.78 Å². The second kappa shape index (κ2) is 12.4. The third-order valence-electron chi connectivity index (χ3n) is 7.40. The summed E-state index contributed by atoms with van der Waals surface area (Å²) in [4.78, 5) is 17.9. The van der Waals surface area contributed by atoms with E-state index in [2.05, 4.69) is 112 Å². The zero-order valence-electron chi connectivity index (χ0n) is 24.4. The van der Waals surface area contributed by atoms with E-state index in [4.69, 9.17) is 0 Å². The Labute approximate surface area is 242 Å². The van der Waals surface area contributed by atoms with Crippen molar-refractivity contribution in [1.82, 2.24) is 30.2 Å². The van der Waals surface area contributed by atoms with Crippen LogP contribution in [0.5, 0.6) is 0 Å². The number of imidazole rings is 1. The van der Waals surface area contributed by atoms with E-state index in [9.17, 15) is 4.79 Å². The van der Waals surface area contributed by atoms with Crippen LogP contribution >= 0.6 is 0 Å². The number of hydrogen-bond acceptors (Lipinski definition) is 5. The largest absolute Gasteiger partial charge is 0.321 e. The fraction of sp³-hybridized carbons (Fsp3) is 0.324. The van der Waals surface area contributed by atoms with Crippen molar-refractivity contribution in [2.24, 2.45) is 5.41 Å². The Kier molecular flexibility index (Phi) is 8.53. The highest BCUT2D eigenvalue weighted by Crippen LogP contribution is 2.34. The van der Waals surface area contributed by atoms with Crippen molar-refractivity contribution in [2.45, 2.75) is 66.3 Å². The summed E-state index contributed by atoms with van der Waals surface area (Å²) < 4.78 is 2.12. The van der Waals surface area contributed by atoms with E-state index >= 15 is 0 Å². The van der Waals surface area contributed by atoms with Crippen LogP contribution in [0.2, 0.25) is 0 Å². The molecule has 0 unspecified atom stereocenters. The van der Waals surface area contributed by atoms with Crippen LogP contribution in [0.4, 0.5) is 0 Å². The second-order valence-corrected chi connectivity index (χ2v) is 11.8. The van der Waals surface area contributed by atoms with E-state index in [0.717, 1.165) is 64.9 Å². The lowest BCUT2D eigenvalue weighted by Gasteiger charge is -2.18. The van der Waals surface area contributed by atoms with Crippen LogP contribution in [-0.4, -0.2) is 36.0 Å². The molecule has 1 N–H and O–H groups in total. The third kappa shape index (κ3) is 6.85. The number of rotatable bonds is 11. The van der Waals surface area contributed by atoms with E-state index in [1.807, 2.05) is 18.2 Å². The molecule has 0 fully saturated rings. The number of carbonyl (C=O) groups is 1. The average molecular weight is 547 g/mol. The standard InChI is InChI=1S/C34H38N6O/c1-5-6-12-32-35-22-30(31(41)19-20-34(2,3)4)40(32)23-24-13-15-26(16-14-24)29-21-27(25-10-8-7-9-11-25)17-18-28(29)33-36-38-39-37-33/h7-11,13-18,21-22H,5-6,12,19-20,23H2,1-4H3,(H,36,37,38,39). The topological polar surface area (TPSA) is 89.4 Å². The number of nitrogens with one attached hydrogen (secondary N) is 1. The van der Waals surface area contributed by atoms with Gasteiger partial charge in [-0.05, 0) is 63.4 Å². The van der Waals surface area contributed by atoms with Gasteiger partial charge in [0.25, 0.3) is 0 Å². The Bertz CT molecular complexity index is 1580. The van der Waals surface area contributed by atoms with Gasteiger partial charge in [-0.25, -0.2) is 4.98 Å². The number of unbranched alkanes of at least 4 members (excludes halogenated alkanes) is 1. The molecule has 7 nitrogen and oxygen atoms in total. The Balaban J connectivity index is 1.46. The Morgan fingerprint density at radius 3 is 2.34 bits per heavy atom. The number of Topliss-reactive ketones (excluding diaryl/α,β-unsaturated/α-hetero) is 1. The highest BCUT2D eigenvalue weighted by atomic mass is 16.1. The summed E-state index contributed by atoms with van der Waals surface area (Å²) in [5.74, 6) is 1.69. The van der Waals surface area contributed by atoms with E-state index in [1.54, 1.807) is 6.20 Å². The first kappa shape index (κ1) is 28.1. The van der Waals surface area contributed by atoms with Gasteiger partial charge in [-0.15, -0.1) is 10.2 Å². The summed E-state index contributed by atoms with van der Waals surface area (Å²) in [5, 5.41) is 14.8. The van der Waals surface area contributed by atoms with Crippen molar-refractivity contribution in [1.29, 1.82) is 0 Å². The van der Waals surface area contributed by atoms with Crippen molar-refractivity contribution in [2.75, 3.05) is 0 Å². The van der Waals surface area contributed by atoms with Gasteiger partial charge in [0.05, 0.1) is 6.20 Å². The number of hydrogen-bond donors (Lipinski definition) is 1. The molecule has 0 bridgehead atoms. The predicted molar refractivity (Wildman–Crippen MR) is 163 cm³/mol. The summed E-state index contributed by atoms with van der Waals surface area (Å²) >= 11 is 0. The van der Waals surface area contributed by atoms with Gasteiger partial charge in [-0.3, -0.25) is 4.79 Å². The summed E-state index contributed by atoms with van der Waals surface area (Å²) in [6.45, 7) is 9.30. The van der Waals surface area contributed by atoms with Gasteiger partial charge < -0.3 is 4.57 Å². The zero-order valence-corrected chi connectivity index (χ0v) is 24.4. The van der Waals surface area contributed by atoms with Crippen molar-refractivity contribution >= 4 is 5.78 Å². The quantitative estimate of drug-likeness (QED) is 0.171. The van der Waals surface area contributed by atoms with Gasteiger partial charge in [-0.1, -0.05) is 94.8 Å². The van der Waals surface area contributed by atoms with Gasteiger partial charge in [0.1, 0.15) is 11.5 Å². The summed E-state index contributed by atoms with van der Waals surface area (Å²) in [6.07, 6.45) is 6.14. The third-order valence-corrected chi connectivity index (χ3v) is 7.40. The predicted octanol–water partition coefficient (Wildman–Crippen LogP) is 7.80. The normalized spacial score (nSPS) is 11.6. The first-order valence-corrected chi connectivity index (χ1v) is 14.4. The van der Waals surface area contributed by atoms with Crippen molar-refractivity contribution in [3.63, 3.8) is 0 Å². The number of aromatic nitrogens is 6. The average Bonchev–Trinajstić information content (AvgIpc) is 3.66. The molecule has 7 heteroatoms. The lowest BCUT2D eigenvalue weighted by molar-refractivity contribution is 0.0957. The number of benzene rings is 3. The van der Waals surface area contributed by atoms with Crippen LogP contribution in [0.25, 0.3) is 33.6 Å². The lowest BCUT2D eigenvalue weighted by atomic mass is 9.89. The van der Waals surface area contributed by atoms with Crippen molar-refractivity contribution < 1.29 is 4.79 Å². The molecule has 210 valence electrons. The fourth-order valence-corrected chi connectivity index (χ4v) is 5.00. The van der Waals surface area contributed by atoms with E-state index in [1.165, 1.54) is 0 Å². The zero-order chi connectivity index (χ0) is 28.8. The number of aryl methyl sites for hydroxylation is 1. The first-order chi connectivity index (χ1) is 19.8. The molecular weight excluding hydrogens is 508 g/mol. The number of aromatic amines is 1. The Hall–Kier alpha value is -4.39. The van der Waals surface area contributed by atoms with Crippen LogP contribution < -0.4 is 0 Å². The molecule has 5 rings (SSSR count). The maximum absolute atomic E-state index is 13.2. The monoisotopic (exact) mass is 546 g/mol. The lowest BCUT2D eigenvalue weighted by Crippen LogP contribution is -2.15. The number of nitrogens with zero attached hydrogens (tertiary/aromatic N) is 5. The van der Waals surface area contributed by atoms with Crippen LogP contribution in [0.15, 0.2) is 79.0 Å². The molecule has 0 aliphatic rings. The van der Waals surface area contributed by atoms with Gasteiger partial charge in [0, 0.05) is 24.9 Å². The Morgan fingerprint density at radius 2 is 1.66 bits per heavy atom. The van der Waals surface area contributed by atoms with E-state index in [-0.39, 0.29) is 11.2 Å². The van der Waals surface area contributed by atoms with E-state index < -0.39 is 0 Å². The maximum Gasteiger partial charge on any atom is 0.205 e. The SMILES string of the molecule is CCCCc1ncc(C(=O)CCC(C)(C)C)n1Cc1ccc(-c2cc(-c3ccccc3)ccc2-c2nn[nH]n2)cc1. The molecule has 3 aromatic carbocycles. The van der Waals surface area contributed by atoms with Crippen LogP contribution in [0, 0.1) is 5.41 Å². The molecule has 41 heavy (non-hydrogen) atoms. The van der Waals surface area contributed by atoms with Crippen LogP contribution in [0.1, 0.15) is 75.3 Å². The molecule has 0 spiro atoms. The minimum absolute atomic E-state index is 0.111. The minimum Gasteiger partial charge on any atom is -0.321 e. The molecule has 0 saturated carbocycles. The molecule has 0 saturated heterocycles. The molecular formula is C34H38N6O. The van der Waals surface area contributed by atoms with Gasteiger partial charge in [0.2, 0.25) is 5.82 Å². The number of tetrazole rings is 1. The maximum atomic E-state index is 13.2. The number of H-pyrrole nitrogens is 1. The molecule has 5 aromatic rings. The van der Waals surface area contributed by atoms with Crippen LogP contribution in [-0.2, 0) is 13.0 Å². The minimum atomic E-state index is 0.111. The van der Waals surface area contributed by atoms with Crippen LogP contribution in [0.3, 0.4) is 0 Å². The summed E-state index contributed by atoms with van der Waals surface area (Å²) in [5.41, 5.74) is 7.21. The summed E-state index contributed by atoms with van der Waals surface area (Å²) in [7, 11) is 0. The number of carbonyl (C=O) groups excluding carboxylic acids is 1. The molecule has 0 radical (unpaired) electrons. The Morgan fingerprint density at radius 1 is 0.902 bits per heavy atom. The van der Waals surface area contributed by atoms with Crippen molar-refractivity contribution in [3.05, 3.63) is 96.1 Å². The first-order valence-electron chi connectivity index (χ1n) is 14.4. The van der Waals surface area contributed by atoms with Gasteiger partial charge >= 0.3 is 0 Å². The molecule has 0 atom stereocenters. The smallest absolute Gasteiger partial charge is 0.205 e. The second-order valence-electron chi connectivity index (χ2n) is 11.8. The molecule has 0 aliphatic carbocycles. The number of ketones is 1. The highest BCUT2D eigenvalue weighted by molar-refractivity contribution is 5.94. The molecule has 2 aromatic heterocycles.